The molecule has 0 saturated carbocycles. The second-order valence-electron chi connectivity index (χ2n) is 9.26. The van der Waals surface area contributed by atoms with Crippen LogP contribution in [0.4, 0.5) is 10.6 Å². The third-order valence-corrected chi connectivity index (χ3v) is 5.56. The molecule has 2 aliphatic heterocycles. The van der Waals surface area contributed by atoms with Gasteiger partial charge in [-0.2, -0.15) is 9.97 Å². The van der Waals surface area contributed by atoms with E-state index in [0.717, 1.165) is 19.4 Å². The fourth-order valence-corrected chi connectivity index (χ4v) is 3.88. The molecule has 0 aromatic carbocycles. The van der Waals surface area contributed by atoms with E-state index in [1.54, 1.807) is 4.90 Å². The van der Waals surface area contributed by atoms with Crippen molar-refractivity contribution < 1.29 is 24.2 Å². The zero-order valence-corrected chi connectivity index (χ0v) is 19.0. The lowest BCUT2D eigenvalue weighted by Crippen LogP contribution is -2.54. The Kier molecular flexibility index (Phi) is 6.88. The molecule has 2 aliphatic rings. The van der Waals surface area contributed by atoms with Gasteiger partial charge < -0.3 is 29.3 Å². The summed E-state index contributed by atoms with van der Waals surface area (Å²) < 4.78 is 11.3. The molecule has 0 radical (unpaired) electrons. The summed E-state index contributed by atoms with van der Waals surface area (Å²) in [5.41, 5.74) is -0.665. The molecule has 3 heterocycles. The van der Waals surface area contributed by atoms with E-state index >= 15 is 0 Å². The number of anilines is 1. The molecule has 0 aliphatic carbocycles. The number of hydrogen-bond donors (Lipinski definition) is 1. The molecule has 2 atom stereocenters. The average Bonchev–Trinajstić information content (AvgIpc) is 3.09. The predicted octanol–water partition coefficient (Wildman–Crippen LogP) is 2.09. The molecule has 172 valence electrons. The Bertz CT molecular complexity index is 812. The molecule has 2 unspecified atom stereocenters. The first-order chi connectivity index (χ1) is 14.5. The van der Waals surface area contributed by atoms with Crippen molar-refractivity contribution >= 4 is 17.9 Å². The Morgan fingerprint density at radius 1 is 1.23 bits per heavy atom. The fourth-order valence-electron chi connectivity index (χ4n) is 3.88. The number of amides is 1. The van der Waals surface area contributed by atoms with Crippen LogP contribution >= 0.6 is 0 Å². The number of nitrogens with zero attached hydrogens (tertiary/aromatic N) is 5. The van der Waals surface area contributed by atoms with Gasteiger partial charge in [0.05, 0.1) is 0 Å². The van der Waals surface area contributed by atoms with Gasteiger partial charge in [-0.3, -0.25) is 0 Å². The first-order valence-corrected chi connectivity index (χ1v) is 10.7. The lowest BCUT2D eigenvalue weighted by atomic mass is 10.2. The highest BCUT2D eigenvalue weighted by Gasteiger charge is 2.31. The van der Waals surface area contributed by atoms with Crippen LogP contribution in [0, 0.1) is 0 Å². The van der Waals surface area contributed by atoms with Crippen LogP contribution in [0.25, 0.3) is 0 Å². The van der Waals surface area contributed by atoms with E-state index in [-0.39, 0.29) is 29.9 Å². The van der Waals surface area contributed by atoms with Crippen LogP contribution < -0.4 is 9.64 Å². The van der Waals surface area contributed by atoms with Crippen molar-refractivity contribution in [3.05, 3.63) is 11.8 Å². The molecule has 1 amide bonds. The molecule has 10 nitrogen and oxygen atoms in total. The van der Waals surface area contributed by atoms with E-state index in [1.807, 2.05) is 39.6 Å². The minimum absolute atomic E-state index is 0.0666. The predicted molar refractivity (Wildman–Crippen MR) is 115 cm³/mol. The Balaban J connectivity index is 1.71. The molecule has 3 rings (SSSR count). The maximum Gasteiger partial charge on any atom is 0.410 e. The lowest BCUT2D eigenvalue weighted by Gasteiger charge is -2.40. The monoisotopic (exact) mass is 435 g/mol. The quantitative estimate of drug-likeness (QED) is 0.743. The third kappa shape index (κ3) is 5.96. The molecule has 10 heteroatoms. The summed E-state index contributed by atoms with van der Waals surface area (Å²) in [5.74, 6) is -0.648. The maximum atomic E-state index is 12.4. The first-order valence-electron chi connectivity index (χ1n) is 10.7. The van der Waals surface area contributed by atoms with Gasteiger partial charge in [0.25, 0.3) is 0 Å². The number of aromatic nitrogens is 2. The van der Waals surface area contributed by atoms with Crippen LogP contribution in [0.3, 0.4) is 0 Å². The van der Waals surface area contributed by atoms with Gasteiger partial charge in [-0.05, 0) is 54.1 Å². The van der Waals surface area contributed by atoms with Gasteiger partial charge >= 0.3 is 18.1 Å². The van der Waals surface area contributed by atoms with Crippen molar-refractivity contribution in [2.24, 2.45) is 0 Å². The van der Waals surface area contributed by atoms with Crippen LogP contribution in [0.2, 0.25) is 0 Å². The highest BCUT2D eigenvalue weighted by atomic mass is 16.6. The van der Waals surface area contributed by atoms with Crippen molar-refractivity contribution in [1.29, 1.82) is 0 Å². The van der Waals surface area contributed by atoms with E-state index in [0.29, 0.717) is 32.1 Å². The fraction of sp³-hybridized carbons (Fsp3) is 0.714. The molecular formula is C21H33N5O5. The normalized spacial score (nSPS) is 22.5. The van der Waals surface area contributed by atoms with E-state index in [4.69, 9.17) is 9.47 Å². The molecule has 1 N–H and O–H groups in total. The van der Waals surface area contributed by atoms with Crippen molar-refractivity contribution in [2.45, 2.75) is 58.2 Å². The van der Waals surface area contributed by atoms with E-state index < -0.39 is 11.6 Å². The Morgan fingerprint density at radius 2 is 1.97 bits per heavy atom. The second kappa shape index (κ2) is 9.25. The number of carbonyl (C=O) groups excluding carboxylic acids is 1. The zero-order valence-electron chi connectivity index (χ0n) is 19.0. The number of carboxylic acid groups (broad SMARTS) is 1. The minimum Gasteiger partial charge on any atom is -0.477 e. The minimum atomic E-state index is -1.13. The van der Waals surface area contributed by atoms with Gasteiger partial charge in [-0.25, -0.2) is 9.59 Å². The standard InChI is InChI=1S/C21H33N5O5/c1-14-12-25(20(29)31-21(2,3)4)9-10-26(14)17-11-16(18(27)28)22-19(23-17)30-13-15-7-6-8-24(15)5/h11,14-15H,6-10,12-13H2,1-5H3,(H,27,28). The topological polar surface area (TPSA) is 108 Å². The van der Waals surface area contributed by atoms with Gasteiger partial charge in [0.1, 0.15) is 18.0 Å². The largest absolute Gasteiger partial charge is 0.477 e. The van der Waals surface area contributed by atoms with Crippen LogP contribution in [0.15, 0.2) is 6.07 Å². The van der Waals surface area contributed by atoms with Crippen LogP contribution in [0.1, 0.15) is 51.0 Å². The Labute approximate surface area is 183 Å². The van der Waals surface area contributed by atoms with Crippen molar-refractivity contribution in [1.82, 2.24) is 19.8 Å². The van der Waals surface area contributed by atoms with Gasteiger partial charge in [-0.15, -0.1) is 0 Å². The molecule has 1 aromatic heterocycles. The summed E-state index contributed by atoms with van der Waals surface area (Å²) in [7, 11) is 2.05. The Hall–Kier alpha value is -2.62. The number of rotatable bonds is 5. The number of likely N-dealkylation sites (tertiary alicyclic amines) is 1. The highest BCUT2D eigenvalue weighted by molar-refractivity contribution is 5.86. The molecule has 31 heavy (non-hydrogen) atoms. The number of aromatic carboxylic acids is 1. The van der Waals surface area contributed by atoms with Crippen LogP contribution in [-0.2, 0) is 4.74 Å². The van der Waals surface area contributed by atoms with E-state index in [1.165, 1.54) is 6.07 Å². The molecule has 2 saturated heterocycles. The van der Waals surface area contributed by atoms with Gasteiger partial charge in [-0.1, -0.05) is 0 Å². The summed E-state index contributed by atoms with van der Waals surface area (Å²) in [6, 6.07) is 1.72. The van der Waals surface area contributed by atoms with E-state index in [2.05, 4.69) is 14.9 Å². The number of hydrogen-bond acceptors (Lipinski definition) is 8. The van der Waals surface area contributed by atoms with E-state index in [9.17, 15) is 14.7 Å². The van der Waals surface area contributed by atoms with Gasteiger partial charge in [0, 0.05) is 37.8 Å². The molecular weight excluding hydrogens is 402 g/mol. The van der Waals surface area contributed by atoms with Gasteiger partial charge in [0.2, 0.25) is 0 Å². The summed E-state index contributed by atoms with van der Waals surface area (Å²) in [6.07, 6.45) is 1.80. The van der Waals surface area contributed by atoms with Crippen molar-refractivity contribution in [3.8, 4) is 6.01 Å². The highest BCUT2D eigenvalue weighted by Crippen LogP contribution is 2.23. The van der Waals surface area contributed by atoms with Gasteiger partial charge in [0.15, 0.2) is 5.69 Å². The molecule has 1 aromatic rings. The second-order valence-corrected chi connectivity index (χ2v) is 9.26. The number of carbonyl (C=O) groups is 2. The number of piperazine rings is 1. The number of likely N-dealkylation sites (N-methyl/N-ethyl adjacent to an activating group) is 1. The average molecular weight is 436 g/mol. The Morgan fingerprint density at radius 3 is 2.55 bits per heavy atom. The molecule has 0 bridgehead atoms. The van der Waals surface area contributed by atoms with Crippen LogP contribution in [-0.4, -0.2) is 94.5 Å². The number of ether oxygens (including phenoxy) is 2. The maximum absolute atomic E-state index is 12.4. The number of carboxylic acids is 1. The van der Waals surface area contributed by atoms with Crippen molar-refractivity contribution in [2.75, 3.05) is 44.7 Å². The van der Waals surface area contributed by atoms with Crippen molar-refractivity contribution in [3.63, 3.8) is 0 Å². The lowest BCUT2D eigenvalue weighted by molar-refractivity contribution is 0.0218. The third-order valence-electron chi connectivity index (χ3n) is 5.56. The first kappa shape index (κ1) is 23.1. The zero-order chi connectivity index (χ0) is 22.8. The summed E-state index contributed by atoms with van der Waals surface area (Å²) in [6.45, 7) is 10.3. The molecule has 2 fully saturated rings. The SMILES string of the molecule is CC1CN(C(=O)OC(C)(C)C)CCN1c1cc(C(=O)O)nc(OCC2CCCN2C)n1. The summed E-state index contributed by atoms with van der Waals surface area (Å²) in [5, 5.41) is 9.50. The summed E-state index contributed by atoms with van der Waals surface area (Å²) in [4.78, 5) is 38.4. The summed E-state index contributed by atoms with van der Waals surface area (Å²) >= 11 is 0. The smallest absolute Gasteiger partial charge is 0.410 e. The molecule has 0 spiro atoms. The van der Waals surface area contributed by atoms with Crippen LogP contribution in [0.5, 0.6) is 6.01 Å².